The van der Waals surface area contributed by atoms with Crippen molar-refractivity contribution in [3.8, 4) is 17.0 Å². The highest BCUT2D eigenvalue weighted by atomic mass is 19.1. The van der Waals surface area contributed by atoms with Crippen molar-refractivity contribution in [2.75, 3.05) is 7.11 Å². The number of rotatable bonds is 4. The third kappa shape index (κ3) is 2.61. The summed E-state index contributed by atoms with van der Waals surface area (Å²) in [6, 6.07) is 6.13. The maximum Gasteiger partial charge on any atom is 0.341 e. The molecular formula is C19H15FN2O4. The Balaban J connectivity index is 1.98. The molecule has 1 N–H and O–H groups in total. The third-order valence-electron chi connectivity index (χ3n) is 4.55. The summed E-state index contributed by atoms with van der Waals surface area (Å²) in [5.74, 6) is -1.50. The number of fused-ring (bicyclic) bond motifs is 1. The van der Waals surface area contributed by atoms with Crippen molar-refractivity contribution in [2.45, 2.75) is 18.9 Å². The number of aromatic nitrogens is 2. The van der Waals surface area contributed by atoms with E-state index in [1.54, 1.807) is 22.8 Å². The predicted octanol–water partition coefficient (Wildman–Crippen LogP) is 3.24. The molecule has 6 nitrogen and oxygen atoms in total. The topological polar surface area (TPSA) is 81.4 Å². The Hall–Kier alpha value is -3.22. The number of carboxylic acid groups (broad SMARTS) is 1. The Morgan fingerprint density at radius 1 is 1.35 bits per heavy atom. The van der Waals surface area contributed by atoms with E-state index in [0.717, 1.165) is 18.9 Å². The van der Waals surface area contributed by atoms with Gasteiger partial charge in [-0.2, -0.15) is 0 Å². The minimum absolute atomic E-state index is 0.0690. The summed E-state index contributed by atoms with van der Waals surface area (Å²) in [5, 5.41) is 9.34. The fourth-order valence-corrected chi connectivity index (χ4v) is 3.06. The van der Waals surface area contributed by atoms with Crippen LogP contribution in [-0.2, 0) is 0 Å². The van der Waals surface area contributed by atoms with Gasteiger partial charge in [-0.05, 0) is 31.0 Å². The van der Waals surface area contributed by atoms with E-state index in [9.17, 15) is 19.1 Å². The normalized spacial score (nSPS) is 13.8. The van der Waals surface area contributed by atoms with E-state index < -0.39 is 17.2 Å². The molecule has 1 aromatic carbocycles. The summed E-state index contributed by atoms with van der Waals surface area (Å²) in [6.07, 6.45) is 4.65. The molecule has 0 unspecified atom stereocenters. The van der Waals surface area contributed by atoms with Gasteiger partial charge in [0.25, 0.3) is 0 Å². The molecule has 0 saturated heterocycles. The van der Waals surface area contributed by atoms with Crippen LogP contribution in [0.3, 0.4) is 0 Å². The van der Waals surface area contributed by atoms with Crippen molar-refractivity contribution in [2.24, 2.45) is 0 Å². The molecule has 1 aliphatic carbocycles. The van der Waals surface area contributed by atoms with Gasteiger partial charge >= 0.3 is 5.97 Å². The van der Waals surface area contributed by atoms with E-state index in [1.807, 2.05) is 0 Å². The molecule has 1 fully saturated rings. The number of methoxy groups -OCH3 is 1. The van der Waals surface area contributed by atoms with Gasteiger partial charge in [-0.25, -0.2) is 14.2 Å². The van der Waals surface area contributed by atoms with Gasteiger partial charge in [0, 0.05) is 41.0 Å². The molecule has 2 aromatic heterocycles. The van der Waals surface area contributed by atoms with Crippen LogP contribution in [0.15, 0.2) is 41.5 Å². The maximum atomic E-state index is 14.7. The van der Waals surface area contributed by atoms with Gasteiger partial charge in [-0.1, -0.05) is 0 Å². The fourth-order valence-electron chi connectivity index (χ4n) is 3.06. The number of pyridine rings is 2. The average molecular weight is 354 g/mol. The highest BCUT2D eigenvalue weighted by Gasteiger charge is 2.27. The number of ether oxygens (including phenoxy) is 1. The van der Waals surface area contributed by atoms with E-state index in [-0.39, 0.29) is 17.0 Å². The SMILES string of the molecule is COc1ccc(-c2cc3c(cc2F)c(=O)c(C(=O)O)cn3C2CC2)cn1. The van der Waals surface area contributed by atoms with Crippen molar-refractivity contribution in [3.63, 3.8) is 0 Å². The number of benzene rings is 1. The first kappa shape index (κ1) is 16.3. The molecule has 0 amide bonds. The van der Waals surface area contributed by atoms with Crippen molar-refractivity contribution in [3.05, 3.63) is 58.3 Å². The van der Waals surface area contributed by atoms with Gasteiger partial charge < -0.3 is 14.4 Å². The lowest BCUT2D eigenvalue weighted by Gasteiger charge is -2.13. The molecular weight excluding hydrogens is 339 g/mol. The highest BCUT2D eigenvalue weighted by Crippen LogP contribution is 2.38. The van der Waals surface area contributed by atoms with Gasteiger partial charge in [0.15, 0.2) is 0 Å². The molecule has 4 rings (SSSR count). The smallest absolute Gasteiger partial charge is 0.341 e. The first-order valence-corrected chi connectivity index (χ1v) is 8.11. The number of carbonyl (C=O) groups is 1. The van der Waals surface area contributed by atoms with Crippen molar-refractivity contribution in [1.29, 1.82) is 0 Å². The van der Waals surface area contributed by atoms with Gasteiger partial charge in [0.05, 0.1) is 12.6 Å². The standard InChI is InChI=1S/C19H15FN2O4/c1-26-17-5-2-10(8-21-17)12-7-16-13(6-15(12)20)18(23)14(19(24)25)9-22(16)11-3-4-11/h2,5-9,11H,3-4H2,1H3,(H,24,25). The van der Waals surface area contributed by atoms with Gasteiger partial charge in [0.1, 0.15) is 11.4 Å². The first-order valence-electron chi connectivity index (χ1n) is 8.11. The van der Waals surface area contributed by atoms with Gasteiger partial charge in [-0.15, -0.1) is 0 Å². The lowest BCUT2D eigenvalue weighted by molar-refractivity contribution is 0.0695. The molecule has 7 heteroatoms. The van der Waals surface area contributed by atoms with Gasteiger partial charge in [0.2, 0.25) is 11.3 Å². The van der Waals surface area contributed by atoms with Crippen LogP contribution in [0.5, 0.6) is 5.88 Å². The predicted molar refractivity (Wildman–Crippen MR) is 93.2 cm³/mol. The molecule has 26 heavy (non-hydrogen) atoms. The summed E-state index contributed by atoms with van der Waals surface area (Å²) >= 11 is 0. The molecule has 3 aromatic rings. The van der Waals surface area contributed by atoms with Crippen molar-refractivity contribution < 1.29 is 19.0 Å². The monoisotopic (exact) mass is 354 g/mol. The molecule has 2 heterocycles. The Labute approximate surface area is 147 Å². The minimum Gasteiger partial charge on any atom is -0.481 e. The summed E-state index contributed by atoms with van der Waals surface area (Å²) in [4.78, 5) is 27.9. The number of hydrogen-bond donors (Lipinski definition) is 1. The van der Waals surface area contributed by atoms with Crippen LogP contribution in [0.25, 0.3) is 22.0 Å². The lowest BCUT2D eigenvalue weighted by atomic mass is 10.0. The molecule has 0 atom stereocenters. The van der Waals surface area contributed by atoms with E-state index in [2.05, 4.69) is 4.98 Å². The zero-order valence-electron chi connectivity index (χ0n) is 13.9. The Morgan fingerprint density at radius 2 is 2.12 bits per heavy atom. The van der Waals surface area contributed by atoms with Crippen LogP contribution < -0.4 is 10.2 Å². The molecule has 1 aliphatic rings. The summed E-state index contributed by atoms with van der Waals surface area (Å²) < 4.78 is 21.5. The number of nitrogens with zero attached hydrogens (tertiary/aromatic N) is 2. The second-order valence-corrected chi connectivity index (χ2v) is 6.25. The minimum atomic E-state index is -1.31. The Bertz CT molecular complexity index is 1090. The maximum absolute atomic E-state index is 14.7. The van der Waals surface area contributed by atoms with E-state index in [4.69, 9.17) is 4.74 Å². The van der Waals surface area contributed by atoms with Gasteiger partial charge in [-0.3, -0.25) is 4.79 Å². The second-order valence-electron chi connectivity index (χ2n) is 6.25. The fraction of sp³-hybridized carbons (Fsp3) is 0.211. The van der Waals surface area contributed by atoms with Crippen LogP contribution in [0, 0.1) is 5.82 Å². The van der Waals surface area contributed by atoms with Crippen molar-refractivity contribution in [1.82, 2.24) is 9.55 Å². The number of carboxylic acids is 1. The molecule has 0 aliphatic heterocycles. The van der Waals surface area contributed by atoms with Crippen LogP contribution in [0.2, 0.25) is 0 Å². The van der Waals surface area contributed by atoms with Crippen LogP contribution in [0.4, 0.5) is 4.39 Å². The van der Waals surface area contributed by atoms with E-state index in [0.29, 0.717) is 22.5 Å². The average Bonchev–Trinajstić information content (AvgIpc) is 3.47. The Kier molecular flexibility index (Phi) is 3.72. The highest BCUT2D eigenvalue weighted by molar-refractivity contribution is 5.94. The summed E-state index contributed by atoms with van der Waals surface area (Å²) in [6.45, 7) is 0. The Morgan fingerprint density at radius 3 is 2.69 bits per heavy atom. The van der Waals surface area contributed by atoms with Crippen LogP contribution >= 0.6 is 0 Å². The lowest BCUT2D eigenvalue weighted by Crippen LogP contribution is -2.19. The van der Waals surface area contributed by atoms with E-state index >= 15 is 0 Å². The summed E-state index contributed by atoms with van der Waals surface area (Å²) in [7, 11) is 1.49. The van der Waals surface area contributed by atoms with Crippen molar-refractivity contribution >= 4 is 16.9 Å². The quantitative estimate of drug-likeness (QED) is 0.778. The largest absolute Gasteiger partial charge is 0.481 e. The number of halogens is 1. The first-order chi connectivity index (χ1) is 12.5. The van der Waals surface area contributed by atoms with Crippen LogP contribution in [0.1, 0.15) is 29.2 Å². The molecule has 0 radical (unpaired) electrons. The summed E-state index contributed by atoms with van der Waals surface area (Å²) in [5.41, 5.74) is 0.340. The third-order valence-corrected chi connectivity index (χ3v) is 4.55. The molecule has 0 bridgehead atoms. The number of aromatic carboxylic acids is 1. The molecule has 0 spiro atoms. The molecule has 1 saturated carbocycles. The van der Waals surface area contributed by atoms with Crippen LogP contribution in [-0.4, -0.2) is 27.7 Å². The number of hydrogen-bond acceptors (Lipinski definition) is 4. The zero-order valence-corrected chi connectivity index (χ0v) is 13.9. The van der Waals surface area contributed by atoms with E-state index in [1.165, 1.54) is 19.5 Å². The molecule has 132 valence electrons. The second kappa shape index (κ2) is 5.94. The zero-order chi connectivity index (χ0) is 18.4.